The van der Waals surface area contributed by atoms with Crippen LogP contribution < -0.4 is 10.6 Å². The fraction of sp³-hybridized carbons (Fsp3) is 0.462. The van der Waals surface area contributed by atoms with E-state index in [1.807, 2.05) is 38.1 Å². The van der Waals surface area contributed by atoms with Crippen molar-refractivity contribution in [1.29, 1.82) is 0 Å². The monoisotopic (exact) mass is 309 g/mol. The minimum atomic E-state index is -0.304. The van der Waals surface area contributed by atoms with Crippen LogP contribution in [0.3, 0.4) is 0 Å². The third kappa shape index (κ3) is 4.27. The Kier molecular flexibility index (Phi) is 4.92. The van der Waals surface area contributed by atoms with Gasteiger partial charge in [0.2, 0.25) is 5.13 Å². The minimum Gasteiger partial charge on any atom is -0.465 e. The van der Waals surface area contributed by atoms with E-state index in [2.05, 4.69) is 20.0 Å². The van der Waals surface area contributed by atoms with Gasteiger partial charge in [0.1, 0.15) is 17.3 Å². The van der Waals surface area contributed by atoms with Crippen molar-refractivity contribution >= 4 is 22.7 Å². The van der Waals surface area contributed by atoms with Gasteiger partial charge in [-0.3, -0.25) is 10.2 Å². The Morgan fingerprint density at radius 3 is 2.71 bits per heavy atom. The highest BCUT2D eigenvalue weighted by atomic mass is 32.1. The maximum Gasteiger partial charge on any atom is 0.321 e. The van der Waals surface area contributed by atoms with Gasteiger partial charge >= 0.3 is 6.03 Å². The second kappa shape index (κ2) is 6.68. The smallest absolute Gasteiger partial charge is 0.321 e. The Morgan fingerprint density at radius 2 is 2.19 bits per heavy atom. The minimum absolute atomic E-state index is 0.0272. The molecule has 0 fully saturated rings. The second-order valence-electron chi connectivity index (χ2n) is 4.91. The summed E-state index contributed by atoms with van der Waals surface area (Å²) in [5.74, 6) is 2.32. The van der Waals surface area contributed by atoms with Crippen molar-refractivity contribution < 1.29 is 9.21 Å². The molecule has 2 aromatic heterocycles. The number of carbonyl (C=O) groups excluding carboxylic acids is 1. The lowest BCUT2D eigenvalue weighted by Gasteiger charge is -2.22. The molecule has 0 saturated heterocycles. The zero-order valence-corrected chi connectivity index (χ0v) is 13.3. The molecule has 0 bridgehead atoms. The summed E-state index contributed by atoms with van der Waals surface area (Å²) in [6.07, 6.45) is 0. The summed E-state index contributed by atoms with van der Waals surface area (Å²) in [7, 11) is 3.88. The topological polar surface area (TPSA) is 83.3 Å². The molecule has 2 amide bonds. The van der Waals surface area contributed by atoms with Gasteiger partial charge in [0.25, 0.3) is 0 Å². The summed E-state index contributed by atoms with van der Waals surface area (Å²) < 4.78 is 9.64. The lowest BCUT2D eigenvalue weighted by Crippen LogP contribution is -2.36. The van der Waals surface area contributed by atoms with Crippen molar-refractivity contribution in [1.82, 2.24) is 19.6 Å². The molecule has 2 heterocycles. The number of likely N-dealkylation sites (N-methyl/N-ethyl adjacent to an activating group) is 1. The number of nitrogens with zero attached hydrogens (tertiary/aromatic N) is 3. The molecule has 0 unspecified atom stereocenters. The molecule has 2 rings (SSSR count). The van der Waals surface area contributed by atoms with Crippen LogP contribution in [0.25, 0.3) is 0 Å². The van der Waals surface area contributed by atoms with E-state index in [9.17, 15) is 4.79 Å². The Hall–Kier alpha value is -1.93. The molecule has 7 nitrogen and oxygen atoms in total. The highest BCUT2D eigenvalue weighted by Crippen LogP contribution is 2.20. The number of hydrogen-bond acceptors (Lipinski definition) is 6. The van der Waals surface area contributed by atoms with Gasteiger partial charge in [0.05, 0.1) is 6.04 Å². The summed E-state index contributed by atoms with van der Waals surface area (Å²) in [6, 6.07) is 3.51. The highest BCUT2D eigenvalue weighted by molar-refractivity contribution is 7.09. The molecule has 114 valence electrons. The van der Waals surface area contributed by atoms with Crippen LogP contribution in [0.5, 0.6) is 0 Å². The summed E-state index contributed by atoms with van der Waals surface area (Å²) in [6.45, 7) is 4.11. The molecule has 21 heavy (non-hydrogen) atoms. The first-order valence-electron chi connectivity index (χ1n) is 6.53. The van der Waals surface area contributed by atoms with Gasteiger partial charge < -0.3 is 9.73 Å². The van der Waals surface area contributed by atoms with Crippen LogP contribution in [0.4, 0.5) is 9.93 Å². The standard InChI is InChI=1S/C13H19N5O2S/c1-8-5-6-11(20-8)10(18(3)4)7-14-12(19)16-13-15-9(2)17-21-13/h5-6,10H,7H2,1-4H3,(H2,14,15,16,17,19)/t10-/m1/s1. The van der Waals surface area contributed by atoms with Crippen LogP contribution in [0.2, 0.25) is 0 Å². The van der Waals surface area contributed by atoms with E-state index >= 15 is 0 Å². The number of amides is 2. The van der Waals surface area contributed by atoms with Crippen LogP contribution in [-0.4, -0.2) is 40.9 Å². The van der Waals surface area contributed by atoms with Gasteiger partial charge in [-0.1, -0.05) is 0 Å². The van der Waals surface area contributed by atoms with Crippen molar-refractivity contribution in [3.63, 3.8) is 0 Å². The van der Waals surface area contributed by atoms with Crippen molar-refractivity contribution in [3.8, 4) is 0 Å². The Labute approximate surface area is 127 Å². The molecule has 0 saturated carbocycles. The molecule has 0 radical (unpaired) electrons. The van der Waals surface area contributed by atoms with Crippen molar-refractivity contribution in [2.45, 2.75) is 19.9 Å². The number of furan rings is 1. The lowest BCUT2D eigenvalue weighted by molar-refractivity contribution is 0.232. The van der Waals surface area contributed by atoms with Gasteiger partial charge in [-0.25, -0.2) is 9.78 Å². The molecule has 2 N–H and O–H groups in total. The third-order valence-corrected chi connectivity index (χ3v) is 3.64. The van der Waals surface area contributed by atoms with E-state index in [0.29, 0.717) is 17.5 Å². The second-order valence-corrected chi connectivity index (χ2v) is 5.66. The summed E-state index contributed by atoms with van der Waals surface area (Å²) in [4.78, 5) is 17.9. The molecule has 8 heteroatoms. The number of urea groups is 1. The zero-order chi connectivity index (χ0) is 15.4. The molecule has 0 aliphatic rings. The molecular weight excluding hydrogens is 290 g/mol. The lowest BCUT2D eigenvalue weighted by atomic mass is 10.2. The van der Waals surface area contributed by atoms with Crippen molar-refractivity contribution in [3.05, 3.63) is 29.5 Å². The Bertz CT molecular complexity index is 607. The van der Waals surface area contributed by atoms with E-state index in [1.54, 1.807) is 6.92 Å². The number of nitrogens with one attached hydrogen (secondary N) is 2. The maximum atomic E-state index is 11.9. The first kappa shape index (κ1) is 15.5. The zero-order valence-electron chi connectivity index (χ0n) is 12.5. The summed E-state index contributed by atoms with van der Waals surface area (Å²) in [5.41, 5.74) is 0. The first-order chi connectivity index (χ1) is 9.95. The number of hydrogen-bond donors (Lipinski definition) is 2. The fourth-order valence-electron chi connectivity index (χ4n) is 1.85. The van der Waals surface area contributed by atoms with Crippen molar-refractivity contribution in [2.24, 2.45) is 0 Å². The first-order valence-corrected chi connectivity index (χ1v) is 7.31. The third-order valence-electron chi connectivity index (χ3n) is 2.92. The quantitative estimate of drug-likeness (QED) is 0.884. The largest absolute Gasteiger partial charge is 0.465 e. The number of aryl methyl sites for hydroxylation is 2. The summed E-state index contributed by atoms with van der Waals surface area (Å²) in [5, 5.41) is 5.96. The van der Waals surface area contributed by atoms with Gasteiger partial charge in [0.15, 0.2) is 0 Å². The van der Waals surface area contributed by atoms with Gasteiger partial charge in [-0.2, -0.15) is 4.37 Å². The van der Waals surface area contributed by atoms with Crippen LogP contribution in [0.15, 0.2) is 16.5 Å². The Morgan fingerprint density at radius 1 is 1.43 bits per heavy atom. The average Bonchev–Trinajstić information content (AvgIpc) is 2.98. The number of anilines is 1. The molecular formula is C13H19N5O2S. The van der Waals surface area contributed by atoms with E-state index < -0.39 is 0 Å². The molecule has 2 aromatic rings. The number of carbonyl (C=O) groups is 1. The molecule has 1 atom stereocenters. The van der Waals surface area contributed by atoms with E-state index in [4.69, 9.17) is 4.42 Å². The van der Waals surface area contributed by atoms with Crippen LogP contribution in [0, 0.1) is 13.8 Å². The maximum absolute atomic E-state index is 11.9. The fourth-order valence-corrected chi connectivity index (χ4v) is 2.42. The predicted molar refractivity (Wildman–Crippen MR) is 81.5 cm³/mol. The van der Waals surface area contributed by atoms with Gasteiger partial charge in [0, 0.05) is 18.1 Å². The van der Waals surface area contributed by atoms with Crippen molar-refractivity contribution in [2.75, 3.05) is 26.0 Å². The van der Waals surface area contributed by atoms with Crippen LogP contribution >= 0.6 is 11.5 Å². The number of rotatable bonds is 5. The van der Waals surface area contributed by atoms with Gasteiger partial charge in [-0.05, 0) is 40.1 Å². The van der Waals surface area contributed by atoms with E-state index in [1.165, 1.54) is 0 Å². The van der Waals surface area contributed by atoms with Gasteiger partial charge in [-0.15, -0.1) is 0 Å². The van der Waals surface area contributed by atoms with Crippen LogP contribution in [0.1, 0.15) is 23.4 Å². The summed E-state index contributed by atoms with van der Waals surface area (Å²) >= 11 is 1.16. The van der Waals surface area contributed by atoms with E-state index in [-0.39, 0.29) is 12.1 Å². The average molecular weight is 309 g/mol. The SMILES string of the molecule is Cc1nsc(NC(=O)NC[C@H](c2ccc(C)o2)N(C)C)n1. The van der Waals surface area contributed by atoms with E-state index in [0.717, 1.165) is 23.1 Å². The normalized spacial score (nSPS) is 12.4. The molecule has 0 aromatic carbocycles. The molecule has 0 spiro atoms. The number of aromatic nitrogens is 2. The molecule has 0 aliphatic carbocycles. The molecule has 0 aliphatic heterocycles. The Balaban J connectivity index is 1.91. The predicted octanol–water partition coefficient (Wildman–Crippen LogP) is 2.17. The highest BCUT2D eigenvalue weighted by Gasteiger charge is 2.18. The van der Waals surface area contributed by atoms with Crippen LogP contribution in [-0.2, 0) is 0 Å².